The number of halogens is 1. The van der Waals surface area contributed by atoms with Gasteiger partial charge in [-0.1, -0.05) is 18.2 Å². The fourth-order valence-corrected chi connectivity index (χ4v) is 4.08. The van der Waals surface area contributed by atoms with Gasteiger partial charge >= 0.3 is 0 Å². The fourth-order valence-electron chi connectivity index (χ4n) is 4.08. The zero-order valence-electron chi connectivity index (χ0n) is 12.9. The van der Waals surface area contributed by atoms with Crippen LogP contribution in [-0.2, 0) is 12.0 Å². The molecule has 1 unspecified atom stereocenters. The van der Waals surface area contributed by atoms with Gasteiger partial charge in [-0.25, -0.2) is 0 Å². The summed E-state index contributed by atoms with van der Waals surface area (Å²) >= 11 is 0. The predicted molar refractivity (Wildman–Crippen MR) is 90.1 cm³/mol. The normalized spacial score (nSPS) is 32.3. The van der Waals surface area contributed by atoms with Gasteiger partial charge in [-0.15, -0.1) is 17.0 Å². The number of hydrogen-bond donors (Lipinski definition) is 1. The number of ether oxygens (including phenoxy) is 2. The van der Waals surface area contributed by atoms with Crippen LogP contribution in [0.15, 0.2) is 24.3 Å². The van der Waals surface area contributed by atoms with Crippen LogP contribution in [0.3, 0.4) is 0 Å². The highest BCUT2D eigenvalue weighted by molar-refractivity contribution is 8.93. The van der Waals surface area contributed by atoms with Gasteiger partial charge in [0.15, 0.2) is 11.5 Å². The molecule has 0 fully saturated rings. The van der Waals surface area contributed by atoms with E-state index in [0.717, 1.165) is 31.0 Å². The van der Waals surface area contributed by atoms with Crippen molar-refractivity contribution in [2.75, 3.05) is 20.7 Å². The molecular weight excluding hydrogens is 346 g/mol. The molecule has 120 valence electrons. The van der Waals surface area contributed by atoms with Crippen molar-refractivity contribution in [1.82, 2.24) is 4.90 Å². The fraction of sp³-hybridized carbons (Fsp3) is 0.529. The second kappa shape index (κ2) is 5.55. The summed E-state index contributed by atoms with van der Waals surface area (Å²) in [4.78, 5) is 2.35. The molecule has 4 rings (SSSR count). The van der Waals surface area contributed by atoms with Crippen molar-refractivity contribution in [1.29, 1.82) is 0 Å². The molecule has 22 heavy (non-hydrogen) atoms. The summed E-state index contributed by atoms with van der Waals surface area (Å²) in [5, 5.41) is 9.97. The van der Waals surface area contributed by atoms with Gasteiger partial charge < -0.3 is 19.5 Å². The topological polar surface area (TPSA) is 41.9 Å². The Balaban J connectivity index is 0.00000144. The number of aliphatic hydroxyl groups excluding tert-OH is 1. The summed E-state index contributed by atoms with van der Waals surface area (Å²) in [5.41, 5.74) is 2.48. The average Bonchev–Trinajstić information content (AvgIpc) is 2.72. The molecule has 1 aliphatic carbocycles. The van der Waals surface area contributed by atoms with Crippen LogP contribution in [0.1, 0.15) is 24.0 Å². The van der Waals surface area contributed by atoms with E-state index in [4.69, 9.17) is 9.47 Å². The highest BCUT2D eigenvalue weighted by Gasteiger charge is 2.52. The van der Waals surface area contributed by atoms with Gasteiger partial charge in [0.1, 0.15) is 6.10 Å². The minimum Gasteiger partial charge on any atom is -0.493 e. The van der Waals surface area contributed by atoms with Crippen molar-refractivity contribution in [3.63, 3.8) is 0 Å². The van der Waals surface area contributed by atoms with Gasteiger partial charge in [-0.3, -0.25) is 0 Å². The van der Waals surface area contributed by atoms with Gasteiger partial charge in [-0.2, -0.15) is 0 Å². The third-order valence-corrected chi connectivity index (χ3v) is 5.15. The van der Waals surface area contributed by atoms with Gasteiger partial charge in [-0.05, 0) is 31.6 Å². The van der Waals surface area contributed by atoms with Crippen LogP contribution in [0.25, 0.3) is 0 Å². The number of rotatable bonds is 1. The van der Waals surface area contributed by atoms with E-state index in [1.54, 1.807) is 7.11 Å². The van der Waals surface area contributed by atoms with Crippen LogP contribution < -0.4 is 9.47 Å². The van der Waals surface area contributed by atoms with E-state index < -0.39 is 6.10 Å². The molecule has 1 aromatic carbocycles. The molecular formula is C17H22BrNO3. The van der Waals surface area contributed by atoms with Gasteiger partial charge in [0.2, 0.25) is 0 Å². The lowest BCUT2D eigenvalue weighted by Gasteiger charge is -2.35. The molecule has 4 nitrogen and oxygen atoms in total. The lowest BCUT2D eigenvalue weighted by molar-refractivity contribution is 0.0821. The molecule has 3 aliphatic rings. The molecule has 1 N–H and O–H groups in total. The van der Waals surface area contributed by atoms with E-state index in [0.29, 0.717) is 6.42 Å². The smallest absolute Gasteiger partial charge is 0.166 e. The second-order valence-electron chi connectivity index (χ2n) is 6.43. The Bertz CT molecular complexity index is 618. The molecule has 1 aromatic rings. The molecule has 3 atom stereocenters. The molecule has 2 aliphatic heterocycles. The average molecular weight is 368 g/mol. The first kappa shape index (κ1) is 15.8. The van der Waals surface area contributed by atoms with Crippen LogP contribution >= 0.6 is 17.0 Å². The number of aliphatic hydroxyl groups is 1. The zero-order valence-corrected chi connectivity index (χ0v) is 14.6. The first-order valence-electron chi connectivity index (χ1n) is 7.57. The number of benzene rings is 1. The Morgan fingerprint density at radius 3 is 3.00 bits per heavy atom. The van der Waals surface area contributed by atoms with Crippen molar-refractivity contribution >= 4 is 17.0 Å². The highest BCUT2D eigenvalue weighted by atomic mass is 79.9. The standard InChI is InChI=1S/C17H21NO3.BrH/c1-18-8-7-17-6-5-12(19)9-14(17)21-16-13(20-2)4-3-11(10-18)15(16)17;/h3-6,12,14,19H,7-10H2,1-2H3;1H/t12-,14-,17?;/m0./s1. The number of methoxy groups -OCH3 is 1. The van der Waals surface area contributed by atoms with E-state index in [9.17, 15) is 5.11 Å². The molecule has 5 heteroatoms. The Kier molecular flexibility index (Phi) is 4.00. The van der Waals surface area contributed by atoms with E-state index in [2.05, 4.69) is 24.1 Å². The predicted octanol–water partition coefficient (Wildman–Crippen LogP) is 2.43. The zero-order chi connectivity index (χ0) is 14.6. The third-order valence-electron chi connectivity index (χ3n) is 5.15. The summed E-state index contributed by atoms with van der Waals surface area (Å²) in [7, 11) is 3.84. The Hall–Kier alpha value is -1.04. The molecule has 2 heterocycles. The first-order valence-corrected chi connectivity index (χ1v) is 7.57. The highest BCUT2D eigenvalue weighted by Crippen LogP contribution is 2.55. The van der Waals surface area contributed by atoms with Crippen molar-refractivity contribution < 1.29 is 14.6 Å². The van der Waals surface area contributed by atoms with Crippen molar-refractivity contribution in [3.8, 4) is 11.5 Å². The van der Waals surface area contributed by atoms with Gasteiger partial charge in [0.25, 0.3) is 0 Å². The van der Waals surface area contributed by atoms with E-state index >= 15 is 0 Å². The van der Waals surface area contributed by atoms with Crippen LogP contribution in [0.5, 0.6) is 11.5 Å². The SMILES string of the molecule is Br.COc1ccc2c3c1O[C@H]1C[C@@H](O)C=CC31CCN(C)C2. The minimum absolute atomic E-state index is 0. The maximum Gasteiger partial charge on any atom is 0.166 e. The van der Waals surface area contributed by atoms with Gasteiger partial charge in [0.05, 0.1) is 18.6 Å². The monoisotopic (exact) mass is 367 g/mol. The molecule has 0 aromatic heterocycles. The second-order valence-corrected chi connectivity index (χ2v) is 6.43. The molecule has 0 saturated heterocycles. The first-order chi connectivity index (χ1) is 10.1. The molecule has 0 saturated carbocycles. The number of hydrogen-bond acceptors (Lipinski definition) is 4. The van der Waals surface area contributed by atoms with E-state index in [-0.39, 0.29) is 28.5 Å². The van der Waals surface area contributed by atoms with Crippen LogP contribution in [0.2, 0.25) is 0 Å². The van der Waals surface area contributed by atoms with Crippen LogP contribution in [0, 0.1) is 0 Å². The minimum atomic E-state index is -0.412. The maximum atomic E-state index is 9.97. The molecule has 0 radical (unpaired) electrons. The Morgan fingerprint density at radius 1 is 1.41 bits per heavy atom. The molecule has 0 amide bonds. The summed E-state index contributed by atoms with van der Waals surface area (Å²) in [6, 6.07) is 4.16. The quantitative estimate of drug-likeness (QED) is 0.774. The van der Waals surface area contributed by atoms with Crippen molar-refractivity contribution in [2.45, 2.75) is 37.0 Å². The molecule has 1 spiro atoms. The Morgan fingerprint density at radius 2 is 2.23 bits per heavy atom. The van der Waals surface area contributed by atoms with Crippen LogP contribution in [0.4, 0.5) is 0 Å². The third kappa shape index (κ3) is 2.10. The molecule has 0 bridgehead atoms. The maximum absolute atomic E-state index is 9.97. The van der Waals surface area contributed by atoms with Gasteiger partial charge in [0, 0.05) is 18.5 Å². The van der Waals surface area contributed by atoms with E-state index in [1.165, 1.54) is 11.1 Å². The summed E-state index contributed by atoms with van der Waals surface area (Å²) in [6.45, 7) is 1.96. The number of nitrogens with zero attached hydrogens (tertiary/aromatic N) is 1. The lowest BCUT2D eigenvalue weighted by Crippen LogP contribution is -2.42. The van der Waals surface area contributed by atoms with Crippen LogP contribution in [-0.4, -0.2) is 42.9 Å². The lowest BCUT2D eigenvalue weighted by atomic mass is 9.69. The summed E-state index contributed by atoms with van der Waals surface area (Å²) < 4.78 is 11.8. The largest absolute Gasteiger partial charge is 0.493 e. The van der Waals surface area contributed by atoms with Crippen molar-refractivity contribution in [2.24, 2.45) is 0 Å². The Labute approximate surface area is 141 Å². The van der Waals surface area contributed by atoms with E-state index in [1.807, 2.05) is 12.1 Å². The summed E-state index contributed by atoms with van der Waals surface area (Å²) in [6.07, 6.45) is 5.38. The van der Waals surface area contributed by atoms with Crippen molar-refractivity contribution in [3.05, 3.63) is 35.4 Å². The summed E-state index contributed by atoms with van der Waals surface area (Å²) in [5.74, 6) is 1.68.